The van der Waals surface area contributed by atoms with Crippen LogP contribution < -0.4 is 5.32 Å². The molecule has 4 rings (SSSR count). The van der Waals surface area contributed by atoms with Crippen LogP contribution >= 0.6 is 0 Å². The SMILES string of the molecule is CC(C)n1cc(CC(=O)NCC2CCCN3CCCCC23)c2ccccc21. The summed E-state index contributed by atoms with van der Waals surface area (Å²) in [6, 6.07) is 9.51. The molecule has 2 unspecified atom stereocenters. The van der Waals surface area contributed by atoms with Crippen LogP contribution in [0, 0.1) is 5.92 Å². The lowest BCUT2D eigenvalue weighted by Gasteiger charge is -2.44. The Morgan fingerprint density at radius 1 is 1.15 bits per heavy atom. The molecule has 2 fully saturated rings. The quantitative estimate of drug-likeness (QED) is 0.862. The van der Waals surface area contributed by atoms with Crippen molar-refractivity contribution in [1.82, 2.24) is 14.8 Å². The second kappa shape index (κ2) is 8.05. The van der Waals surface area contributed by atoms with Crippen LogP contribution in [0.25, 0.3) is 10.9 Å². The third-order valence-electron chi connectivity index (χ3n) is 6.52. The highest BCUT2D eigenvalue weighted by Crippen LogP contribution is 2.30. The Hall–Kier alpha value is -1.81. The molecule has 0 bridgehead atoms. The van der Waals surface area contributed by atoms with E-state index in [4.69, 9.17) is 0 Å². The number of nitrogens with one attached hydrogen (secondary N) is 1. The Labute approximate surface area is 162 Å². The first-order chi connectivity index (χ1) is 13.1. The van der Waals surface area contributed by atoms with Crippen LogP contribution in [0.1, 0.15) is 57.6 Å². The Kier molecular flexibility index (Phi) is 5.53. The van der Waals surface area contributed by atoms with E-state index in [9.17, 15) is 4.79 Å². The predicted molar refractivity (Wildman–Crippen MR) is 111 cm³/mol. The molecule has 146 valence electrons. The number of rotatable bonds is 5. The van der Waals surface area contributed by atoms with Gasteiger partial charge in [0.15, 0.2) is 0 Å². The van der Waals surface area contributed by atoms with Gasteiger partial charge in [-0.1, -0.05) is 24.6 Å². The molecule has 1 aromatic heterocycles. The van der Waals surface area contributed by atoms with E-state index >= 15 is 0 Å². The second-order valence-electron chi connectivity index (χ2n) is 8.65. The molecule has 2 aliphatic heterocycles. The number of nitrogens with zero attached hydrogens (tertiary/aromatic N) is 2. The van der Waals surface area contributed by atoms with Crippen LogP contribution in [0.15, 0.2) is 30.5 Å². The van der Waals surface area contributed by atoms with Gasteiger partial charge in [0, 0.05) is 35.7 Å². The Balaban J connectivity index is 1.40. The first-order valence-electron chi connectivity index (χ1n) is 10.7. The predicted octanol–water partition coefficient (Wildman–Crippen LogP) is 4.15. The van der Waals surface area contributed by atoms with Gasteiger partial charge in [0.25, 0.3) is 0 Å². The van der Waals surface area contributed by atoms with E-state index in [2.05, 4.69) is 59.1 Å². The molecule has 0 spiro atoms. The van der Waals surface area contributed by atoms with E-state index in [-0.39, 0.29) is 5.91 Å². The Morgan fingerprint density at radius 3 is 2.81 bits per heavy atom. The lowest BCUT2D eigenvalue weighted by Crippen LogP contribution is -2.51. The van der Waals surface area contributed by atoms with Crippen LogP contribution in [-0.4, -0.2) is 41.1 Å². The summed E-state index contributed by atoms with van der Waals surface area (Å²) in [5.41, 5.74) is 2.36. The summed E-state index contributed by atoms with van der Waals surface area (Å²) in [5, 5.41) is 4.47. The fraction of sp³-hybridized carbons (Fsp3) is 0.609. The maximum absolute atomic E-state index is 12.7. The summed E-state index contributed by atoms with van der Waals surface area (Å²) in [6.07, 6.45) is 9.17. The average Bonchev–Trinajstić information content (AvgIpc) is 3.05. The largest absolute Gasteiger partial charge is 0.355 e. The van der Waals surface area contributed by atoms with Gasteiger partial charge >= 0.3 is 0 Å². The molecule has 1 N–H and O–H groups in total. The summed E-state index contributed by atoms with van der Waals surface area (Å²) in [6.45, 7) is 7.72. The van der Waals surface area contributed by atoms with Crippen molar-refractivity contribution >= 4 is 16.8 Å². The van der Waals surface area contributed by atoms with Gasteiger partial charge in [-0.25, -0.2) is 0 Å². The van der Waals surface area contributed by atoms with Crippen molar-refractivity contribution in [2.75, 3.05) is 19.6 Å². The number of aromatic nitrogens is 1. The highest BCUT2D eigenvalue weighted by atomic mass is 16.1. The smallest absolute Gasteiger partial charge is 0.224 e. The molecule has 4 nitrogen and oxygen atoms in total. The van der Waals surface area contributed by atoms with E-state index in [1.807, 2.05) is 0 Å². The molecular weight excluding hydrogens is 334 g/mol. The summed E-state index contributed by atoms with van der Waals surface area (Å²) >= 11 is 0. The molecule has 2 saturated heterocycles. The zero-order valence-corrected chi connectivity index (χ0v) is 16.8. The number of hydrogen-bond acceptors (Lipinski definition) is 2. The van der Waals surface area contributed by atoms with Crippen molar-refractivity contribution in [3.8, 4) is 0 Å². The highest BCUT2D eigenvalue weighted by molar-refractivity contribution is 5.89. The van der Waals surface area contributed by atoms with Crippen molar-refractivity contribution in [3.63, 3.8) is 0 Å². The minimum absolute atomic E-state index is 0.162. The molecule has 2 aliphatic rings. The van der Waals surface area contributed by atoms with E-state index < -0.39 is 0 Å². The molecule has 2 aromatic rings. The Bertz CT molecular complexity index is 792. The number of hydrogen-bond donors (Lipinski definition) is 1. The summed E-state index contributed by atoms with van der Waals surface area (Å²) in [7, 11) is 0. The van der Waals surface area contributed by atoms with Crippen LogP contribution in [0.4, 0.5) is 0 Å². The number of para-hydroxylation sites is 1. The molecule has 3 heterocycles. The molecule has 2 atom stereocenters. The summed E-state index contributed by atoms with van der Waals surface area (Å²) in [5.74, 6) is 0.787. The lowest BCUT2D eigenvalue weighted by atomic mass is 9.83. The number of piperidine rings is 2. The van der Waals surface area contributed by atoms with E-state index in [1.54, 1.807) is 0 Å². The summed E-state index contributed by atoms with van der Waals surface area (Å²) in [4.78, 5) is 15.4. The van der Waals surface area contributed by atoms with Gasteiger partial charge in [-0.2, -0.15) is 0 Å². The third-order valence-corrected chi connectivity index (χ3v) is 6.52. The molecule has 0 saturated carbocycles. The molecule has 0 aliphatic carbocycles. The Morgan fingerprint density at radius 2 is 1.96 bits per heavy atom. The third kappa shape index (κ3) is 3.91. The van der Waals surface area contributed by atoms with Gasteiger partial charge < -0.3 is 14.8 Å². The minimum Gasteiger partial charge on any atom is -0.355 e. The number of amides is 1. The zero-order chi connectivity index (χ0) is 18.8. The van der Waals surface area contributed by atoms with Crippen molar-refractivity contribution in [3.05, 3.63) is 36.0 Å². The van der Waals surface area contributed by atoms with Gasteiger partial charge in [0.05, 0.1) is 6.42 Å². The van der Waals surface area contributed by atoms with E-state index in [0.717, 1.165) is 12.1 Å². The van der Waals surface area contributed by atoms with Crippen molar-refractivity contribution in [2.24, 2.45) is 5.92 Å². The van der Waals surface area contributed by atoms with Crippen LogP contribution in [0.3, 0.4) is 0 Å². The number of benzene rings is 1. The van der Waals surface area contributed by atoms with Gasteiger partial charge in [0.2, 0.25) is 5.91 Å². The maximum atomic E-state index is 12.7. The molecule has 4 heteroatoms. The van der Waals surface area contributed by atoms with Crippen LogP contribution in [0.2, 0.25) is 0 Å². The van der Waals surface area contributed by atoms with Crippen LogP contribution in [-0.2, 0) is 11.2 Å². The van der Waals surface area contributed by atoms with Gasteiger partial charge in [-0.3, -0.25) is 4.79 Å². The van der Waals surface area contributed by atoms with Crippen molar-refractivity contribution in [2.45, 2.75) is 64.5 Å². The number of fused-ring (bicyclic) bond motifs is 2. The monoisotopic (exact) mass is 367 g/mol. The minimum atomic E-state index is 0.162. The zero-order valence-electron chi connectivity index (χ0n) is 16.8. The fourth-order valence-corrected chi connectivity index (χ4v) is 5.14. The topological polar surface area (TPSA) is 37.3 Å². The number of carbonyl (C=O) groups is 1. The standard InChI is InChI=1S/C23H33N3O/c1-17(2)26-16-19(20-9-3-4-11-22(20)26)14-23(27)24-15-18-8-7-13-25-12-6-5-10-21(18)25/h3-4,9,11,16-18,21H,5-8,10,12-15H2,1-2H3,(H,24,27). The summed E-state index contributed by atoms with van der Waals surface area (Å²) < 4.78 is 2.28. The second-order valence-corrected chi connectivity index (χ2v) is 8.65. The van der Waals surface area contributed by atoms with Crippen LogP contribution in [0.5, 0.6) is 0 Å². The first kappa shape index (κ1) is 18.5. The van der Waals surface area contributed by atoms with Crippen molar-refractivity contribution in [1.29, 1.82) is 0 Å². The first-order valence-corrected chi connectivity index (χ1v) is 10.7. The van der Waals surface area contributed by atoms with Gasteiger partial charge in [0.1, 0.15) is 0 Å². The normalized spacial score (nSPS) is 23.5. The maximum Gasteiger partial charge on any atom is 0.224 e. The average molecular weight is 368 g/mol. The molecule has 0 radical (unpaired) electrons. The lowest BCUT2D eigenvalue weighted by molar-refractivity contribution is -0.120. The molecule has 1 aromatic carbocycles. The fourth-order valence-electron chi connectivity index (χ4n) is 5.14. The molecular formula is C23H33N3O. The van der Waals surface area contributed by atoms with Gasteiger partial charge in [-0.15, -0.1) is 0 Å². The molecule has 27 heavy (non-hydrogen) atoms. The van der Waals surface area contributed by atoms with Crippen molar-refractivity contribution < 1.29 is 4.79 Å². The van der Waals surface area contributed by atoms with E-state index in [0.29, 0.717) is 24.4 Å². The molecule has 1 amide bonds. The van der Waals surface area contributed by atoms with Gasteiger partial charge in [-0.05, 0) is 70.2 Å². The number of carbonyl (C=O) groups excluding carboxylic acids is 1. The van der Waals surface area contributed by atoms with E-state index in [1.165, 1.54) is 56.1 Å². The highest BCUT2D eigenvalue weighted by Gasteiger charge is 2.32.